The minimum absolute atomic E-state index is 0.210. The lowest BCUT2D eigenvalue weighted by atomic mass is 9.67. The molecule has 1 amide bonds. The molecule has 0 radical (unpaired) electrons. The first-order valence-corrected chi connectivity index (χ1v) is 11.9. The van der Waals surface area contributed by atoms with E-state index >= 15 is 0 Å². The Kier molecular flexibility index (Phi) is 5.94. The van der Waals surface area contributed by atoms with Crippen molar-refractivity contribution in [2.24, 2.45) is 16.5 Å². The topological polar surface area (TPSA) is 96.9 Å². The molecule has 8 heteroatoms. The van der Waals surface area contributed by atoms with Gasteiger partial charge < -0.3 is 10.2 Å². The van der Waals surface area contributed by atoms with Crippen molar-refractivity contribution < 1.29 is 18.0 Å². The largest absolute Gasteiger partial charge is 0.388 e. The van der Waals surface area contributed by atoms with Crippen molar-refractivity contribution in [1.29, 1.82) is 0 Å². The van der Waals surface area contributed by atoms with Gasteiger partial charge in [-0.05, 0) is 54.7 Å². The van der Waals surface area contributed by atoms with E-state index < -0.39 is 10.0 Å². The van der Waals surface area contributed by atoms with Crippen molar-refractivity contribution in [2.75, 3.05) is 11.0 Å². The van der Waals surface area contributed by atoms with Crippen molar-refractivity contribution in [3.63, 3.8) is 0 Å². The number of oxime groups is 1. The molecule has 7 nitrogen and oxygen atoms in total. The van der Waals surface area contributed by atoms with Crippen LogP contribution in [0.15, 0.2) is 29.4 Å². The number of carbonyl (C=O) groups excluding carboxylic acids is 1. The molecule has 0 unspecified atom stereocenters. The van der Waals surface area contributed by atoms with Gasteiger partial charge in [0, 0.05) is 18.7 Å². The first kappa shape index (κ1) is 21.6. The van der Waals surface area contributed by atoms with Crippen molar-refractivity contribution in [3.8, 4) is 0 Å². The highest BCUT2D eigenvalue weighted by Crippen LogP contribution is 2.45. The van der Waals surface area contributed by atoms with Crippen LogP contribution in [0.4, 0.5) is 5.69 Å². The van der Waals surface area contributed by atoms with Crippen LogP contribution in [0.5, 0.6) is 0 Å². The average Bonchev–Trinajstić information content (AvgIpc) is 3.03. The molecule has 1 aromatic carbocycles. The second-order valence-corrected chi connectivity index (χ2v) is 11.1. The first-order chi connectivity index (χ1) is 13.5. The summed E-state index contributed by atoms with van der Waals surface area (Å²) in [5.74, 6) is 0.466. The number of amides is 1. The van der Waals surface area contributed by atoms with Crippen molar-refractivity contribution in [2.45, 2.75) is 65.0 Å². The zero-order valence-electron chi connectivity index (χ0n) is 17.6. The molecule has 1 aromatic rings. The number of carbonyl (C=O) groups is 1. The molecule has 160 valence electrons. The van der Waals surface area contributed by atoms with Crippen molar-refractivity contribution in [3.05, 3.63) is 29.8 Å². The van der Waals surface area contributed by atoms with Crippen LogP contribution in [-0.4, -0.2) is 31.9 Å². The highest BCUT2D eigenvalue weighted by atomic mass is 32.2. The Bertz CT molecular complexity index is 877. The Labute approximate surface area is 173 Å². The van der Waals surface area contributed by atoms with E-state index in [1.54, 1.807) is 24.3 Å². The van der Waals surface area contributed by atoms with E-state index in [2.05, 4.69) is 36.0 Å². The van der Waals surface area contributed by atoms with Crippen molar-refractivity contribution >= 4 is 27.3 Å². The van der Waals surface area contributed by atoms with Gasteiger partial charge in [0.1, 0.15) is 11.3 Å². The summed E-state index contributed by atoms with van der Waals surface area (Å²) < 4.78 is 24.9. The van der Waals surface area contributed by atoms with E-state index in [0.717, 1.165) is 37.5 Å². The van der Waals surface area contributed by atoms with Gasteiger partial charge in [0.25, 0.3) is 5.91 Å². The van der Waals surface area contributed by atoms with Gasteiger partial charge in [-0.3, -0.25) is 9.52 Å². The molecule has 0 saturated heterocycles. The molecular weight excluding hydrogens is 390 g/mol. The Morgan fingerprint density at radius 2 is 1.83 bits per heavy atom. The third-order valence-electron chi connectivity index (χ3n) is 5.93. The maximum Gasteiger partial charge on any atom is 0.269 e. The van der Waals surface area contributed by atoms with Gasteiger partial charge in [-0.1, -0.05) is 38.1 Å². The van der Waals surface area contributed by atoms with Gasteiger partial charge in [0.05, 0.1) is 6.26 Å². The Hall–Kier alpha value is -2.09. The predicted molar refractivity (Wildman–Crippen MR) is 114 cm³/mol. The molecule has 0 bridgehead atoms. The predicted octanol–water partition coefficient (Wildman–Crippen LogP) is 3.43. The lowest BCUT2D eigenvalue weighted by molar-refractivity contribution is -0.115. The molecule has 2 N–H and O–H groups in total. The summed E-state index contributed by atoms with van der Waals surface area (Å²) in [4.78, 5) is 18.3. The molecule has 1 aliphatic carbocycles. The van der Waals surface area contributed by atoms with Crippen LogP contribution in [0.25, 0.3) is 0 Å². The van der Waals surface area contributed by atoms with Crippen LogP contribution in [0, 0.1) is 11.3 Å². The zero-order chi connectivity index (χ0) is 21.3. The van der Waals surface area contributed by atoms with Gasteiger partial charge >= 0.3 is 0 Å². The summed E-state index contributed by atoms with van der Waals surface area (Å²) >= 11 is 0. The van der Waals surface area contributed by atoms with E-state index in [1.807, 2.05) is 0 Å². The van der Waals surface area contributed by atoms with Gasteiger partial charge in [-0.2, -0.15) is 0 Å². The number of hydrogen-bond acceptors (Lipinski definition) is 5. The average molecular weight is 422 g/mol. The molecule has 2 aliphatic rings. The molecule has 1 spiro atoms. The number of hydrogen-bond donors (Lipinski definition) is 2. The molecule has 0 aromatic heterocycles. The van der Waals surface area contributed by atoms with E-state index in [1.165, 1.54) is 0 Å². The summed E-state index contributed by atoms with van der Waals surface area (Å²) in [5, 5.41) is 6.97. The van der Waals surface area contributed by atoms with E-state index in [4.69, 9.17) is 4.84 Å². The fourth-order valence-corrected chi connectivity index (χ4v) is 4.67. The Balaban J connectivity index is 1.49. The number of nitrogens with one attached hydrogen (secondary N) is 2. The fraction of sp³-hybridized carbons (Fsp3) is 0.619. The number of sulfonamides is 1. The monoisotopic (exact) mass is 421 g/mol. The van der Waals surface area contributed by atoms with Crippen LogP contribution in [0.3, 0.4) is 0 Å². The highest BCUT2D eigenvalue weighted by molar-refractivity contribution is 7.92. The third-order valence-corrected chi connectivity index (χ3v) is 6.54. The molecule has 1 saturated carbocycles. The third kappa shape index (κ3) is 5.72. The van der Waals surface area contributed by atoms with Crippen LogP contribution < -0.4 is 10.0 Å². The molecule has 1 fully saturated rings. The fourth-order valence-electron chi connectivity index (χ4n) is 4.11. The minimum Gasteiger partial charge on any atom is -0.388 e. The number of benzene rings is 1. The highest BCUT2D eigenvalue weighted by Gasteiger charge is 2.45. The minimum atomic E-state index is -3.30. The second kappa shape index (κ2) is 7.97. The normalized spacial score (nSPS) is 24.7. The summed E-state index contributed by atoms with van der Waals surface area (Å²) in [6.45, 7) is 7.19. The zero-order valence-corrected chi connectivity index (χ0v) is 18.4. The number of anilines is 1. The number of nitrogens with zero attached hydrogens (tertiary/aromatic N) is 1. The summed E-state index contributed by atoms with van der Waals surface area (Å²) in [6, 6.07) is 6.88. The lowest BCUT2D eigenvalue weighted by Crippen LogP contribution is -2.39. The maximum absolute atomic E-state index is 12.5. The van der Waals surface area contributed by atoms with Crippen LogP contribution in [0.1, 0.15) is 58.4 Å². The summed E-state index contributed by atoms with van der Waals surface area (Å²) in [7, 11) is -3.30. The SMILES string of the molecule is CC(C)(C)C1CCC2(CC1)CC(C(=O)NCc1ccc(NS(C)(=O)=O)cc1)=NO2. The summed E-state index contributed by atoms with van der Waals surface area (Å²) in [6.07, 6.45) is 5.73. The van der Waals surface area contributed by atoms with Crippen molar-refractivity contribution in [1.82, 2.24) is 5.32 Å². The Morgan fingerprint density at radius 3 is 2.38 bits per heavy atom. The maximum atomic E-state index is 12.5. The standard InChI is InChI=1S/C21H31N3O4S/c1-20(2,3)16-9-11-21(12-10-16)13-18(23-28-21)19(25)22-14-15-5-7-17(8-6-15)24-29(4,26)27/h5-8,16,24H,9-14H2,1-4H3,(H,22,25). The second-order valence-electron chi connectivity index (χ2n) is 9.38. The molecule has 3 rings (SSSR count). The van der Waals surface area contributed by atoms with E-state index in [9.17, 15) is 13.2 Å². The first-order valence-electron chi connectivity index (χ1n) is 10.1. The summed E-state index contributed by atoms with van der Waals surface area (Å²) in [5.41, 5.74) is 1.80. The molecular formula is C21H31N3O4S. The van der Waals surface area contributed by atoms with Gasteiger partial charge in [-0.15, -0.1) is 0 Å². The number of rotatable bonds is 5. The van der Waals surface area contributed by atoms with Gasteiger partial charge in [0.15, 0.2) is 0 Å². The van der Waals surface area contributed by atoms with Crippen LogP contribution >= 0.6 is 0 Å². The molecule has 1 heterocycles. The molecule has 29 heavy (non-hydrogen) atoms. The Morgan fingerprint density at radius 1 is 1.21 bits per heavy atom. The lowest BCUT2D eigenvalue weighted by Gasteiger charge is -2.40. The van der Waals surface area contributed by atoms with E-state index in [0.29, 0.717) is 35.7 Å². The van der Waals surface area contributed by atoms with E-state index in [-0.39, 0.29) is 11.5 Å². The molecule has 0 atom stereocenters. The van der Waals surface area contributed by atoms with Gasteiger partial charge in [0.2, 0.25) is 10.0 Å². The molecule has 1 aliphatic heterocycles. The quantitative estimate of drug-likeness (QED) is 0.761. The van der Waals surface area contributed by atoms with Crippen LogP contribution in [0.2, 0.25) is 0 Å². The smallest absolute Gasteiger partial charge is 0.269 e. The van der Waals surface area contributed by atoms with Gasteiger partial charge in [-0.25, -0.2) is 8.42 Å². The van der Waals surface area contributed by atoms with Crippen LogP contribution in [-0.2, 0) is 26.2 Å².